The van der Waals surface area contributed by atoms with Gasteiger partial charge in [0, 0.05) is 23.4 Å². The van der Waals surface area contributed by atoms with Gasteiger partial charge < -0.3 is 10.2 Å². The van der Waals surface area contributed by atoms with Crippen molar-refractivity contribution in [2.24, 2.45) is 5.92 Å². The summed E-state index contributed by atoms with van der Waals surface area (Å²) in [5, 5.41) is 4.15. The number of rotatable bonds is 8. The maximum Gasteiger partial charge on any atom is 0.200 e. The first-order valence-electron chi connectivity index (χ1n) is 8.76. The van der Waals surface area contributed by atoms with Gasteiger partial charge in [0.25, 0.3) is 0 Å². The normalized spacial score (nSPS) is 20.1. The molecule has 2 unspecified atom stereocenters. The summed E-state index contributed by atoms with van der Waals surface area (Å²) in [6, 6.07) is 8.01. The maximum absolute atomic E-state index is 12.4. The van der Waals surface area contributed by atoms with Crippen molar-refractivity contribution in [1.82, 2.24) is 5.32 Å². The Bertz CT molecular complexity index is 532. The molecule has 1 aliphatic rings. The number of hydrogen-bond donors (Lipinski definition) is 2. The first-order valence-corrected chi connectivity index (χ1v) is 11.2. The van der Waals surface area contributed by atoms with Crippen molar-refractivity contribution in [3.8, 4) is 0 Å². The Balaban J connectivity index is 1.68. The van der Waals surface area contributed by atoms with Gasteiger partial charge in [-0.1, -0.05) is 43.0 Å². The van der Waals surface area contributed by atoms with Gasteiger partial charge in [-0.2, -0.15) is 0 Å². The average molecular weight is 358 g/mol. The largest absolute Gasteiger partial charge is 0.344 e. The highest BCUT2D eigenvalue weighted by atomic mass is 35.5. The fraction of sp³-hybridized carbons (Fsp3) is 0.667. The zero-order chi connectivity index (χ0) is 16.7. The zero-order valence-corrected chi connectivity index (χ0v) is 15.7. The molecule has 0 aromatic heterocycles. The van der Waals surface area contributed by atoms with Crippen LogP contribution < -0.4 is 5.32 Å². The van der Waals surface area contributed by atoms with Crippen LogP contribution in [0.1, 0.15) is 57.1 Å². The van der Waals surface area contributed by atoms with Gasteiger partial charge in [0.15, 0.2) is 0 Å². The first-order chi connectivity index (χ1) is 11.0. The lowest BCUT2D eigenvalue weighted by Crippen LogP contribution is -2.21. The van der Waals surface area contributed by atoms with Crippen molar-refractivity contribution in [3.63, 3.8) is 0 Å². The Morgan fingerprint density at radius 1 is 1.35 bits per heavy atom. The Kier molecular flexibility index (Phi) is 7.62. The van der Waals surface area contributed by atoms with E-state index in [0.717, 1.165) is 36.4 Å². The van der Waals surface area contributed by atoms with E-state index in [-0.39, 0.29) is 6.04 Å². The van der Waals surface area contributed by atoms with Gasteiger partial charge in [0.05, 0.1) is 0 Å². The summed E-state index contributed by atoms with van der Waals surface area (Å²) < 4.78 is 12.4. The van der Waals surface area contributed by atoms with Crippen LogP contribution in [0.5, 0.6) is 0 Å². The number of hydrogen-bond acceptors (Lipinski definition) is 2. The lowest BCUT2D eigenvalue weighted by atomic mass is 9.91. The summed E-state index contributed by atoms with van der Waals surface area (Å²) >= 11 is 6.00. The molecular weight excluding hydrogens is 329 g/mol. The molecule has 23 heavy (non-hydrogen) atoms. The van der Waals surface area contributed by atoms with Crippen molar-refractivity contribution in [2.45, 2.75) is 51.5 Å². The highest BCUT2D eigenvalue weighted by Gasteiger charge is 2.25. The van der Waals surface area contributed by atoms with Crippen LogP contribution in [-0.4, -0.2) is 23.8 Å². The molecule has 2 rings (SSSR count). The predicted octanol–water partition coefficient (Wildman–Crippen LogP) is 5.23. The Morgan fingerprint density at radius 2 is 2.09 bits per heavy atom. The Hall–Kier alpha value is -0.340. The summed E-state index contributed by atoms with van der Waals surface area (Å²) in [4.78, 5) is 10.2. The summed E-state index contributed by atoms with van der Waals surface area (Å²) in [7, 11) is -2.96. The minimum absolute atomic E-state index is 0.199. The number of benzene rings is 1. The second kappa shape index (κ2) is 9.22. The van der Waals surface area contributed by atoms with Gasteiger partial charge in [-0.15, -0.1) is 0 Å². The van der Waals surface area contributed by atoms with E-state index in [0.29, 0.717) is 18.2 Å². The summed E-state index contributed by atoms with van der Waals surface area (Å²) in [6.07, 6.45) is 7.70. The second-order valence-electron chi connectivity index (χ2n) is 6.84. The van der Waals surface area contributed by atoms with Gasteiger partial charge in [-0.05, 0) is 56.3 Å². The van der Waals surface area contributed by atoms with Crippen LogP contribution in [0.2, 0.25) is 5.02 Å². The van der Waals surface area contributed by atoms with Gasteiger partial charge >= 0.3 is 0 Å². The van der Waals surface area contributed by atoms with Crippen LogP contribution in [0, 0.1) is 5.92 Å². The summed E-state index contributed by atoms with van der Waals surface area (Å²) in [5.74, 6) is 0.470. The number of halogens is 1. The van der Waals surface area contributed by atoms with Crippen LogP contribution >= 0.6 is 19.0 Å². The highest BCUT2D eigenvalue weighted by molar-refractivity contribution is 7.57. The third-order valence-corrected chi connectivity index (χ3v) is 7.09. The molecule has 1 aromatic carbocycles. The van der Waals surface area contributed by atoms with E-state index in [2.05, 4.69) is 12.2 Å². The van der Waals surface area contributed by atoms with Crippen LogP contribution in [-0.2, 0) is 4.57 Å². The van der Waals surface area contributed by atoms with E-state index in [4.69, 9.17) is 11.6 Å². The molecular formula is C18H29ClNO2P. The van der Waals surface area contributed by atoms with E-state index >= 15 is 0 Å². The molecule has 0 bridgehead atoms. The molecule has 2 N–H and O–H groups in total. The summed E-state index contributed by atoms with van der Waals surface area (Å²) in [6.45, 7) is 2.84. The van der Waals surface area contributed by atoms with Crippen molar-refractivity contribution in [2.75, 3.05) is 18.9 Å². The standard InChI is InChI=1S/C18H29ClNO2P/c1-15(17-9-5-10-18(19)13-17)20-11-6-12-23(21,22)14-16-7-3-2-4-8-16/h5,9-10,13,15-16,20H,2-4,6-8,11-12,14H2,1H3,(H,21,22). The van der Waals surface area contributed by atoms with Crippen molar-refractivity contribution >= 4 is 19.0 Å². The minimum atomic E-state index is -2.96. The molecule has 1 fully saturated rings. The van der Waals surface area contributed by atoms with Crippen LogP contribution in [0.25, 0.3) is 0 Å². The maximum atomic E-state index is 12.4. The van der Waals surface area contributed by atoms with E-state index < -0.39 is 7.37 Å². The van der Waals surface area contributed by atoms with Crippen LogP contribution in [0.3, 0.4) is 0 Å². The second-order valence-corrected chi connectivity index (χ2v) is 9.78. The molecule has 0 amide bonds. The molecule has 1 aromatic rings. The van der Waals surface area contributed by atoms with Gasteiger partial charge in [-0.25, -0.2) is 0 Å². The van der Waals surface area contributed by atoms with Crippen molar-refractivity contribution in [1.29, 1.82) is 0 Å². The minimum Gasteiger partial charge on any atom is -0.344 e. The predicted molar refractivity (Wildman–Crippen MR) is 98.6 cm³/mol. The SMILES string of the molecule is CC(NCCCP(=O)(O)CC1CCCCC1)c1cccc(Cl)c1. The molecule has 0 saturated heterocycles. The average Bonchev–Trinajstić information content (AvgIpc) is 2.52. The van der Waals surface area contributed by atoms with E-state index in [1.807, 2.05) is 24.3 Å². The van der Waals surface area contributed by atoms with Crippen LogP contribution in [0.4, 0.5) is 0 Å². The van der Waals surface area contributed by atoms with Gasteiger partial charge in [0.2, 0.25) is 7.37 Å². The molecule has 1 aliphatic carbocycles. The molecule has 0 spiro atoms. The van der Waals surface area contributed by atoms with E-state index in [1.54, 1.807) is 0 Å². The van der Waals surface area contributed by atoms with Crippen molar-refractivity contribution in [3.05, 3.63) is 34.9 Å². The quantitative estimate of drug-likeness (QED) is 0.494. The highest BCUT2D eigenvalue weighted by Crippen LogP contribution is 2.45. The smallest absolute Gasteiger partial charge is 0.200 e. The van der Waals surface area contributed by atoms with Gasteiger partial charge in [0.1, 0.15) is 0 Å². The van der Waals surface area contributed by atoms with Crippen molar-refractivity contribution < 1.29 is 9.46 Å². The molecule has 0 aliphatic heterocycles. The fourth-order valence-electron chi connectivity index (χ4n) is 3.40. The molecule has 3 nitrogen and oxygen atoms in total. The van der Waals surface area contributed by atoms with Gasteiger partial charge in [-0.3, -0.25) is 4.57 Å². The summed E-state index contributed by atoms with van der Waals surface area (Å²) in [5.41, 5.74) is 1.15. The number of nitrogens with one attached hydrogen (secondary N) is 1. The lowest BCUT2D eigenvalue weighted by Gasteiger charge is -2.24. The first kappa shape index (κ1) is 19.0. The van der Waals surface area contributed by atoms with Crippen LogP contribution in [0.15, 0.2) is 24.3 Å². The van der Waals surface area contributed by atoms with E-state index in [1.165, 1.54) is 19.3 Å². The zero-order valence-electron chi connectivity index (χ0n) is 14.0. The molecule has 2 atom stereocenters. The lowest BCUT2D eigenvalue weighted by molar-refractivity contribution is 0.371. The molecule has 130 valence electrons. The third kappa shape index (κ3) is 6.97. The topological polar surface area (TPSA) is 49.3 Å². The molecule has 1 saturated carbocycles. The Labute approximate surface area is 145 Å². The Morgan fingerprint density at radius 3 is 2.78 bits per heavy atom. The third-order valence-electron chi connectivity index (χ3n) is 4.75. The fourth-order valence-corrected chi connectivity index (χ4v) is 5.61. The molecule has 0 heterocycles. The van der Waals surface area contributed by atoms with E-state index in [9.17, 15) is 9.46 Å². The molecule has 5 heteroatoms. The monoisotopic (exact) mass is 357 g/mol. The molecule has 0 radical (unpaired) electrons.